The van der Waals surface area contributed by atoms with E-state index in [0.29, 0.717) is 16.3 Å². The number of pyridine rings is 1. The van der Waals surface area contributed by atoms with Crippen LogP contribution in [-0.2, 0) is 9.59 Å². The Kier molecular flexibility index (Phi) is 5.16. The molecule has 1 aromatic carbocycles. The Morgan fingerprint density at radius 1 is 1.36 bits per heavy atom. The monoisotopic (exact) mass is 321 g/mol. The minimum Gasteiger partial charge on any atom is -0.481 e. The highest BCUT2D eigenvalue weighted by atomic mass is 35.5. The van der Waals surface area contributed by atoms with Crippen LogP contribution in [0.5, 0.6) is 5.75 Å². The molecule has 1 aromatic heterocycles. The summed E-state index contributed by atoms with van der Waals surface area (Å²) >= 11 is 6.10. The van der Waals surface area contributed by atoms with Crippen molar-refractivity contribution in [1.82, 2.24) is 15.2 Å². The lowest BCUT2D eigenvalue weighted by Crippen LogP contribution is -2.39. The molecule has 0 fully saturated rings. The average Bonchev–Trinajstić information content (AvgIpc) is 2.54. The predicted octanol–water partition coefficient (Wildman–Crippen LogP) is 1.47. The maximum absolute atomic E-state index is 11.9. The fourth-order valence-electron chi connectivity index (χ4n) is 1.86. The molecule has 2 amide bonds. The molecular formula is C15H16ClN3O3. The highest BCUT2D eigenvalue weighted by molar-refractivity contribution is 6.35. The number of hydrogen-bond donors (Lipinski definition) is 1. The summed E-state index contributed by atoms with van der Waals surface area (Å²) in [6.07, 6.45) is 1.63. The van der Waals surface area contributed by atoms with Crippen LogP contribution in [0.15, 0.2) is 30.5 Å². The van der Waals surface area contributed by atoms with E-state index in [-0.39, 0.29) is 25.0 Å². The zero-order valence-corrected chi connectivity index (χ0v) is 13.1. The summed E-state index contributed by atoms with van der Waals surface area (Å²) in [5, 5.41) is 3.78. The van der Waals surface area contributed by atoms with Gasteiger partial charge in [0.2, 0.25) is 5.91 Å². The largest absolute Gasteiger partial charge is 0.481 e. The molecule has 0 saturated carbocycles. The number of ether oxygens (including phenoxy) is 1. The van der Waals surface area contributed by atoms with Crippen molar-refractivity contribution in [2.45, 2.75) is 0 Å². The summed E-state index contributed by atoms with van der Waals surface area (Å²) in [4.78, 5) is 28.7. The fourth-order valence-corrected chi connectivity index (χ4v) is 2.08. The van der Waals surface area contributed by atoms with Gasteiger partial charge in [0.15, 0.2) is 6.61 Å². The zero-order valence-electron chi connectivity index (χ0n) is 12.3. The van der Waals surface area contributed by atoms with Crippen molar-refractivity contribution in [2.24, 2.45) is 0 Å². The first-order chi connectivity index (χ1) is 10.5. The first kappa shape index (κ1) is 16.0. The second-order valence-electron chi connectivity index (χ2n) is 4.66. The highest BCUT2D eigenvalue weighted by Crippen LogP contribution is 2.29. The van der Waals surface area contributed by atoms with Crippen LogP contribution >= 0.6 is 11.6 Å². The van der Waals surface area contributed by atoms with Crippen molar-refractivity contribution >= 4 is 34.3 Å². The van der Waals surface area contributed by atoms with Gasteiger partial charge in [-0.2, -0.15) is 0 Å². The van der Waals surface area contributed by atoms with Gasteiger partial charge in [0.05, 0.1) is 11.6 Å². The van der Waals surface area contributed by atoms with E-state index in [1.165, 1.54) is 11.9 Å². The number of fused-ring (bicyclic) bond motifs is 1. The minimum atomic E-state index is -0.303. The molecular weight excluding hydrogens is 306 g/mol. The standard InChI is InChI=1S/C15H16ClN3O3/c1-17-13(20)8-19(2)14(21)9-22-12-6-5-11(16)10-4-3-7-18-15(10)12/h3-7H,8-9H2,1-2H3,(H,17,20). The zero-order chi connectivity index (χ0) is 16.1. The molecule has 7 heteroatoms. The van der Waals surface area contributed by atoms with Crippen molar-refractivity contribution in [2.75, 3.05) is 27.2 Å². The van der Waals surface area contributed by atoms with Crippen molar-refractivity contribution < 1.29 is 14.3 Å². The van der Waals surface area contributed by atoms with E-state index >= 15 is 0 Å². The van der Waals surface area contributed by atoms with E-state index in [0.717, 1.165) is 5.39 Å². The molecule has 1 N–H and O–H groups in total. The van der Waals surface area contributed by atoms with Crippen LogP contribution in [-0.4, -0.2) is 48.9 Å². The maximum Gasteiger partial charge on any atom is 0.260 e. The summed E-state index contributed by atoms with van der Waals surface area (Å²) < 4.78 is 5.53. The summed E-state index contributed by atoms with van der Waals surface area (Å²) in [6.45, 7) is -0.195. The molecule has 0 aliphatic carbocycles. The molecule has 0 saturated heterocycles. The van der Waals surface area contributed by atoms with Crippen LogP contribution in [0.3, 0.4) is 0 Å². The van der Waals surface area contributed by atoms with Crippen LogP contribution in [0.1, 0.15) is 0 Å². The van der Waals surface area contributed by atoms with E-state index in [4.69, 9.17) is 16.3 Å². The summed E-state index contributed by atoms with van der Waals surface area (Å²) in [6, 6.07) is 6.97. The Labute approximate surface area is 133 Å². The molecule has 0 spiro atoms. The number of halogens is 1. The lowest BCUT2D eigenvalue weighted by Gasteiger charge is -2.16. The molecule has 6 nitrogen and oxygen atoms in total. The van der Waals surface area contributed by atoms with Crippen molar-refractivity contribution in [3.8, 4) is 5.75 Å². The highest BCUT2D eigenvalue weighted by Gasteiger charge is 2.14. The van der Waals surface area contributed by atoms with Gasteiger partial charge >= 0.3 is 0 Å². The number of nitrogens with one attached hydrogen (secondary N) is 1. The van der Waals surface area contributed by atoms with Gasteiger partial charge in [-0.25, -0.2) is 0 Å². The van der Waals surface area contributed by atoms with Gasteiger partial charge in [-0.15, -0.1) is 0 Å². The second kappa shape index (κ2) is 7.09. The van der Waals surface area contributed by atoms with Gasteiger partial charge in [-0.3, -0.25) is 14.6 Å². The first-order valence-corrected chi connectivity index (χ1v) is 7.01. The number of rotatable bonds is 5. The maximum atomic E-state index is 11.9. The van der Waals surface area contributed by atoms with E-state index in [1.807, 2.05) is 6.07 Å². The van der Waals surface area contributed by atoms with Gasteiger partial charge in [-0.1, -0.05) is 11.6 Å². The predicted molar refractivity (Wildman–Crippen MR) is 84.0 cm³/mol. The van der Waals surface area contributed by atoms with E-state index in [1.54, 1.807) is 31.4 Å². The summed E-state index contributed by atoms with van der Waals surface area (Å²) in [5.74, 6) is -0.0706. The van der Waals surface area contributed by atoms with Crippen LogP contribution in [0.2, 0.25) is 5.02 Å². The summed E-state index contributed by atoms with van der Waals surface area (Å²) in [7, 11) is 3.06. The number of benzene rings is 1. The third-order valence-electron chi connectivity index (χ3n) is 3.12. The van der Waals surface area contributed by atoms with E-state index in [9.17, 15) is 9.59 Å². The molecule has 0 atom stereocenters. The molecule has 0 radical (unpaired) electrons. The molecule has 2 rings (SSSR count). The lowest BCUT2D eigenvalue weighted by atomic mass is 10.2. The second-order valence-corrected chi connectivity index (χ2v) is 5.06. The topological polar surface area (TPSA) is 71.5 Å². The normalized spacial score (nSPS) is 10.3. The molecule has 116 valence electrons. The number of carbonyl (C=O) groups is 2. The molecule has 22 heavy (non-hydrogen) atoms. The van der Waals surface area contributed by atoms with Crippen molar-refractivity contribution in [1.29, 1.82) is 0 Å². The number of aromatic nitrogens is 1. The molecule has 0 aliphatic heterocycles. The molecule has 0 unspecified atom stereocenters. The Morgan fingerprint density at radius 2 is 2.14 bits per heavy atom. The Hall–Kier alpha value is -2.34. The van der Waals surface area contributed by atoms with Gasteiger partial charge < -0.3 is 15.0 Å². The molecule has 1 heterocycles. The smallest absolute Gasteiger partial charge is 0.260 e. The van der Waals surface area contributed by atoms with Crippen molar-refractivity contribution in [3.05, 3.63) is 35.5 Å². The fraction of sp³-hybridized carbons (Fsp3) is 0.267. The summed E-state index contributed by atoms with van der Waals surface area (Å²) in [5.41, 5.74) is 0.594. The number of nitrogens with zero attached hydrogens (tertiary/aromatic N) is 2. The minimum absolute atomic E-state index is 0.0156. The van der Waals surface area contributed by atoms with Gasteiger partial charge in [-0.05, 0) is 24.3 Å². The van der Waals surface area contributed by atoms with Gasteiger partial charge in [0.1, 0.15) is 11.3 Å². The van der Waals surface area contributed by atoms with Crippen LogP contribution in [0, 0.1) is 0 Å². The molecule has 0 bridgehead atoms. The first-order valence-electron chi connectivity index (χ1n) is 6.63. The van der Waals surface area contributed by atoms with Gasteiger partial charge in [0.25, 0.3) is 5.91 Å². The quantitative estimate of drug-likeness (QED) is 0.905. The Balaban J connectivity index is 2.07. The van der Waals surface area contributed by atoms with Crippen LogP contribution < -0.4 is 10.1 Å². The number of carbonyl (C=O) groups excluding carboxylic acids is 2. The molecule has 2 aromatic rings. The average molecular weight is 322 g/mol. The number of amides is 2. The van der Waals surface area contributed by atoms with E-state index in [2.05, 4.69) is 10.3 Å². The Bertz CT molecular complexity index is 705. The lowest BCUT2D eigenvalue weighted by molar-refractivity contribution is -0.136. The number of likely N-dealkylation sites (N-methyl/N-ethyl adjacent to an activating group) is 2. The Morgan fingerprint density at radius 3 is 2.86 bits per heavy atom. The van der Waals surface area contributed by atoms with Crippen LogP contribution in [0.25, 0.3) is 10.9 Å². The third kappa shape index (κ3) is 3.65. The van der Waals surface area contributed by atoms with E-state index < -0.39 is 0 Å². The van der Waals surface area contributed by atoms with Gasteiger partial charge in [0, 0.05) is 25.7 Å². The number of hydrogen-bond acceptors (Lipinski definition) is 4. The molecule has 0 aliphatic rings. The SMILES string of the molecule is CNC(=O)CN(C)C(=O)COc1ccc(Cl)c2cccnc12. The van der Waals surface area contributed by atoms with Crippen molar-refractivity contribution in [3.63, 3.8) is 0 Å². The van der Waals surface area contributed by atoms with Crippen LogP contribution in [0.4, 0.5) is 0 Å². The third-order valence-corrected chi connectivity index (χ3v) is 3.45.